The lowest BCUT2D eigenvalue weighted by Crippen LogP contribution is -2.29. The van der Waals surface area contributed by atoms with Crippen LogP contribution in [-0.2, 0) is 0 Å². The molecule has 0 radical (unpaired) electrons. The highest BCUT2D eigenvalue weighted by Gasteiger charge is 2.19. The van der Waals surface area contributed by atoms with Crippen LogP contribution in [0.15, 0.2) is 29.4 Å². The number of para-hydroxylation sites is 1. The van der Waals surface area contributed by atoms with Crippen molar-refractivity contribution in [2.24, 2.45) is 10.8 Å². The Hall–Kier alpha value is -1.75. The number of hydrogen-bond acceptors (Lipinski definition) is 3. The van der Waals surface area contributed by atoms with E-state index in [2.05, 4.69) is 5.10 Å². The molecule has 0 aromatic heterocycles. The van der Waals surface area contributed by atoms with E-state index in [0.29, 0.717) is 6.54 Å². The molecule has 6 heteroatoms. The summed E-state index contributed by atoms with van der Waals surface area (Å²) in [5.41, 5.74) is 7.26. The van der Waals surface area contributed by atoms with Gasteiger partial charge in [-0.1, -0.05) is 12.1 Å². The zero-order valence-corrected chi connectivity index (χ0v) is 10.3. The second-order valence-electron chi connectivity index (χ2n) is 3.51. The topological polar surface area (TPSA) is 74.7 Å². The van der Waals surface area contributed by atoms with Gasteiger partial charge in [0.25, 0.3) is 0 Å². The highest BCUT2D eigenvalue weighted by Crippen LogP contribution is 2.22. The minimum absolute atomic E-state index is 0. The van der Waals surface area contributed by atoms with Crippen molar-refractivity contribution >= 4 is 24.1 Å². The van der Waals surface area contributed by atoms with Gasteiger partial charge in [-0.05, 0) is 12.1 Å². The Morgan fingerprint density at radius 2 is 2.18 bits per heavy atom. The van der Waals surface area contributed by atoms with Gasteiger partial charge in [0.1, 0.15) is 5.75 Å². The first-order valence-electron chi connectivity index (χ1n) is 5.05. The molecule has 17 heavy (non-hydrogen) atoms. The van der Waals surface area contributed by atoms with Crippen molar-refractivity contribution in [3.8, 4) is 5.75 Å². The fourth-order valence-corrected chi connectivity index (χ4v) is 1.70. The van der Waals surface area contributed by atoms with Crippen LogP contribution >= 0.6 is 12.4 Å². The number of benzene rings is 1. The number of nitrogens with one attached hydrogen (secondary N) is 1. The summed E-state index contributed by atoms with van der Waals surface area (Å²) < 4.78 is 5.27. The molecule has 1 aliphatic rings. The molecule has 2 rings (SSSR count). The number of halogens is 1. The van der Waals surface area contributed by atoms with Gasteiger partial charge in [0.2, 0.25) is 5.96 Å². The van der Waals surface area contributed by atoms with Crippen LogP contribution in [0.2, 0.25) is 0 Å². The minimum Gasteiger partial charge on any atom is -0.496 e. The first kappa shape index (κ1) is 13.3. The third kappa shape index (κ3) is 2.68. The average molecular weight is 255 g/mol. The summed E-state index contributed by atoms with van der Waals surface area (Å²) in [6.07, 6.45) is 0.778. The van der Waals surface area contributed by atoms with E-state index in [0.717, 1.165) is 23.4 Å². The van der Waals surface area contributed by atoms with E-state index in [1.165, 1.54) is 5.01 Å². The van der Waals surface area contributed by atoms with Gasteiger partial charge >= 0.3 is 0 Å². The van der Waals surface area contributed by atoms with E-state index in [1.807, 2.05) is 24.3 Å². The lowest BCUT2D eigenvalue weighted by atomic mass is 10.1. The number of methoxy groups -OCH3 is 1. The summed E-state index contributed by atoms with van der Waals surface area (Å²) >= 11 is 0. The summed E-state index contributed by atoms with van der Waals surface area (Å²) in [4.78, 5) is 0. The highest BCUT2D eigenvalue weighted by molar-refractivity contribution is 6.04. The molecule has 1 heterocycles. The van der Waals surface area contributed by atoms with E-state index in [-0.39, 0.29) is 18.4 Å². The molecular weight excluding hydrogens is 240 g/mol. The standard InChI is InChI=1S/C11H14N4O.ClH/c1-16-10-5-3-2-4-8(10)9-6-7-15(14-9)11(12)13;/h2-5H,6-7H2,1H3,(H3,12,13);1H. The molecule has 5 nitrogen and oxygen atoms in total. The van der Waals surface area contributed by atoms with Crippen molar-refractivity contribution in [3.63, 3.8) is 0 Å². The van der Waals surface area contributed by atoms with Crippen LogP contribution in [0.3, 0.4) is 0 Å². The molecule has 1 aromatic rings. The molecule has 0 fully saturated rings. The largest absolute Gasteiger partial charge is 0.496 e. The molecule has 0 aliphatic carbocycles. The van der Waals surface area contributed by atoms with E-state index in [1.54, 1.807) is 7.11 Å². The van der Waals surface area contributed by atoms with Gasteiger partial charge in [0.15, 0.2) is 0 Å². The van der Waals surface area contributed by atoms with Gasteiger partial charge in [-0.2, -0.15) is 5.10 Å². The van der Waals surface area contributed by atoms with E-state index >= 15 is 0 Å². The second-order valence-corrected chi connectivity index (χ2v) is 3.51. The summed E-state index contributed by atoms with van der Waals surface area (Å²) in [6, 6.07) is 7.72. The first-order valence-corrected chi connectivity index (χ1v) is 5.05. The average Bonchev–Trinajstić information content (AvgIpc) is 2.78. The minimum atomic E-state index is -0.0232. The van der Waals surface area contributed by atoms with Crippen molar-refractivity contribution in [1.29, 1.82) is 5.41 Å². The molecule has 0 spiro atoms. The Bertz CT molecular complexity index is 447. The SMILES string of the molecule is COc1ccccc1C1=NN(C(=N)N)CC1.Cl. The van der Waals surface area contributed by atoms with Crippen molar-refractivity contribution < 1.29 is 4.74 Å². The second kappa shape index (κ2) is 5.54. The van der Waals surface area contributed by atoms with Crippen molar-refractivity contribution in [1.82, 2.24) is 5.01 Å². The van der Waals surface area contributed by atoms with Crippen molar-refractivity contribution in [3.05, 3.63) is 29.8 Å². The van der Waals surface area contributed by atoms with Crippen LogP contribution < -0.4 is 10.5 Å². The Morgan fingerprint density at radius 3 is 2.76 bits per heavy atom. The molecule has 0 unspecified atom stereocenters. The molecule has 0 saturated carbocycles. The Morgan fingerprint density at radius 1 is 1.47 bits per heavy atom. The number of guanidine groups is 1. The predicted molar refractivity (Wildman–Crippen MR) is 70.0 cm³/mol. The molecule has 0 saturated heterocycles. The Balaban J connectivity index is 0.00000144. The highest BCUT2D eigenvalue weighted by atomic mass is 35.5. The fraction of sp³-hybridized carbons (Fsp3) is 0.273. The third-order valence-electron chi connectivity index (χ3n) is 2.50. The summed E-state index contributed by atoms with van der Waals surface area (Å²) in [7, 11) is 1.64. The molecule has 0 amide bonds. The molecule has 3 N–H and O–H groups in total. The molecule has 92 valence electrons. The van der Waals surface area contributed by atoms with Crippen LogP contribution in [0.25, 0.3) is 0 Å². The summed E-state index contributed by atoms with van der Waals surface area (Å²) in [5, 5.41) is 13.1. The zero-order chi connectivity index (χ0) is 11.5. The van der Waals surface area contributed by atoms with Gasteiger partial charge in [-0.15, -0.1) is 12.4 Å². The van der Waals surface area contributed by atoms with Crippen LogP contribution in [-0.4, -0.2) is 30.3 Å². The number of ether oxygens (including phenoxy) is 1. The lowest BCUT2D eigenvalue weighted by molar-refractivity contribution is 0.414. The molecule has 1 aromatic carbocycles. The van der Waals surface area contributed by atoms with Crippen LogP contribution in [0.4, 0.5) is 0 Å². The van der Waals surface area contributed by atoms with Gasteiger partial charge in [-0.25, -0.2) is 5.01 Å². The monoisotopic (exact) mass is 254 g/mol. The lowest BCUT2D eigenvalue weighted by Gasteiger charge is -2.09. The maximum atomic E-state index is 7.31. The number of nitrogens with zero attached hydrogens (tertiary/aromatic N) is 2. The third-order valence-corrected chi connectivity index (χ3v) is 2.50. The molecule has 1 aliphatic heterocycles. The van der Waals surface area contributed by atoms with Gasteiger partial charge < -0.3 is 10.5 Å². The van der Waals surface area contributed by atoms with E-state index in [9.17, 15) is 0 Å². The first-order chi connectivity index (χ1) is 7.72. The zero-order valence-electron chi connectivity index (χ0n) is 9.51. The van der Waals surface area contributed by atoms with Crippen molar-refractivity contribution in [2.75, 3.05) is 13.7 Å². The molecule has 0 atom stereocenters. The maximum Gasteiger partial charge on any atom is 0.209 e. The summed E-state index contributed by atoms with van der Waals surface area (Å²) in [5.74, 6) is 0.775. The number of nitrogens with two attached hydrogens (primary N) is 1. The number of rotatable bonds is 2. The fourth-order valence-electron chi connectivity index (χ4n) is 1.70. The summed E-state index contributed by atoms with van der Waals surface area (Å²) in [6.45, 7) is 0.655. The Labute approximate surface area is 106 Å². The Kier molecular flexibility index (Phi) is 4.34. The number of hydrazone groups is 1. The smallest absolute Gasteiger partial charge is 0.209 e. The van der Waals surface area contributed by atoms with Crippen molar-refractivity contribution in [2.45, 2.75) is 6.42 Å². The van der Waals surface area contributed by atoms with Gasteiger partial charge in [-0.3, -0.25) is 5.41 Å². The van der Waals surface area contributed by atoms with E-state index < -0.39 is 0 Å². The van der Waals surface area contributed by atoms with Crippen LogP contribution in [0.1, 0.15) is 12.0 Å². The van der Waals surface area contributed by atoms with Crippen LogP contribution in [0.5, 0.6) is 5.75 Å². The molecule has 0 bridgehead atoms. The number of hydrogen-bond donors (Lipinski definition) is 2. The van der Waals surface area contributed by atoms with Gasteiger partial charge in [0, 0.05) is 12.0 Å². The normalized spacial score (nSPS) is 13.9. The maximum absolute atomic E-state index is 7.31. The van der Waals surface area contributed by atoms with E-state index in [4.69, 9.17) is 15.9 Å². The van der Waals surface area contributed by atoms with Gasteiger partial charge in [0.05, 0.1) is 19.4 Å². The quantitative estimate of drug-likeness (QED) is 0.619. The van der Waals surface area contributed by atoms with Crippen LogP contribution in [0, 0.1) is 5.41 Å². The molecular formula is C11H15ClN4O. The predicted octanol–water partition coefficient (Wildman–Crippen LogP) is 1.42.